The molecule has 0 aliphatic heterocycles. The molecule has 2 N–H and O–H groups in total. The van der Waals surface area contributed by atoms with E-state index >= 15 is 0 Å². The summed E-state index contributed by atoms with van der Waals surface area (Å²) in [5.74, 6) is 0.358. The Labute approximate surface area is 123 Å². The molecule has 2 aromatic rings. The number of anilines is 1. The van der Waals surface area contributed by atoms with E-state index in [2.05, 4.69) is 37.2 Å². The third-order valence-corrected chi connectivity index (χ3v) is 3.90. The van der Waals surface area contributed by atoms with Gasteiger partial charge in [-0.15, -0.1) is 0 Å². The molecule has 2 rings (SSSR count). The van der Waals surface area contributed by atoms with Gasteiger partial charge in [0.05, 0.1) is 0 Å². The molecule has 0 saturated carbocycles. The highest BCUT2D eigenvalue weighted by Crippen LogP contribution is 2.28. The minimum Gasteiger partial charge on any atom is -0.507 e. The lowest BCUT2D eigenvalue weighted by molar-refractivity contribution is 0.465. The third-order valence-electron chi connectivity index (χ3n) is 2.72. The summed E-state index contributed by atoms with van der Waals surface area (Å²) < 4.78 is 2.01. The maximum absolute atomic E-state index is 9.94. The molecule has 0 radical (unpaired) electrons. The summed E-state index contributed by atoms with van der Waals surface area (Å²) >= 11 is 6.93. The van der Waals surface area contributed by atoms with Gasteiger partial charge in [0.2, 0.25) is 0 Å². The fourth-order valence-electron chi connectivity index (χ4n) is 1.69. The van der Waals surface area contributed by atoms with Crippen LogP contribution in [0, 0.1) is 6.92 Å². The average molecular weight is 371 g/mol. The van der Waals surface area contributed by atoms with Crippen molar-refractivity contribution in [2.75, 3.05) is 5.32 Å². The van der Waals surface area contributed by atoms with Crippen LogP contribution >= 0.6 is 31.9 Å². The lowest BCUT2D eigenvalue weighted by Crippen LogP contribution is -2.01. The van der Waals surface area contributed by atoms with E-state index in [1.807, 2.05) is 43.3 Å². The zero-order chi connectivity index (χ0) is 13.1. The third kappa shape index (κ3) is 3.06. The van der Waals surface area contributed by atoms with Gasteiger partial charge in [-0.2, -0.15) is 0 Å². The van der Waals surface area contributed by atoms with Gasteiger partial charge in [-0.05, 0) is 46.6 Å². The van der Waals surface area contributed by atoms with Gasteiger partial charge in [0, 0.05) is 26.7 Å². The van der Waals surface area contributed by atoms with Gasteiger partial charge in [0.25, 0.3) is 0 Å². The van der Waals surface area contributed by atoms with Crippen LogP contribution in [0.3, 0.4) is 0 Å². The summed E-state index contributed by atoms with van der Waals surface area (Å²) in [6.07, 6.45) is 0. The van der Waals surface area contributed by atoms with Crippen LogP contribution in [-0.2, 0) is 6.54 Å². The number of phenols is 1. The summed E-state index contributed by atoms with van der Waals surface area (Å²) in [6.45, 7) is 2.48. The lowest BCUT2D eigenvalue weighted by atomic mass is 10.1. The van der Waals surface area contributed by atoms with E-state index < -0.39 is 0 Å². The minimum absolute atomic E-state index is 0.358. The molecule has 0 aliphatic carbocycles. The van der Waals surface area contributed by atoms with Gasteiger partial charge in [0.1, 0.15) is 5.75 Å². The second kappa shape index (κ2) is 5.76. The topological polar surface area (TPSA) is 32.3 Å². The number of aromatic hydroxyl groups is 1. The zero-order valence-corrected chi connectivity index (χ0v) is 13.0. The molecule has 0 spiro atoms. The van der Waals surface area contributed by atoms with Crippen LogP contribution in [0.25, 0.3) is 0 Å². The molecule has 0 saturated heterocycles. The van der Waals surface area contributed by atoms with Crippen LogP contribution in [0.5, 0.6) is 5.75 Å². The fraction of sp³-hybridized carbons (Fsp3) is 0.143. The SMILES string of the molecule is Cc1cccc(CNc2cc(Br)ccc2Br)c1O. The van der Waals surface area contributed by atoms with Gasteiger partial charge in [-0.1, -0.05) is 34.1 Å². The van der Waals surface area contributed by atoms with Gasteiger partial charge in [0.15, 0.2) is 0 Å². The standard InChI is InChI=1S/C14H13Br2NO/c1-9-3-2-4-10(14(9)18)8-17-13-7-11(15)5-6-12(13)16/h2-7,17-18H,8H2,1H3. The van der Waals surface area contributed by atoms with Crippen molar-refractivity contribution in [3.05, 3.63) is 56.5 Å². The van der Waals surface area contributed by atoms with Crippen LogP contribution < -0.4 is 5.32 Å². The first kappa shape index (κ1) is 13.4. The summed E-state index contributed by atoms with van der Waals surface area (Å²) in [5.41, 5.74) is 2.77. The molecule has 0 aromatic heterocycles. The Kier molecular flexibility index (Phi) is 4.30. The van der Waals surface area contributed by atoms with E-state index in [1.165, 1.54) is 0 Å². The van der Waals surface area contributed by atoms with Crippen molar-refractivity contribution in [3.8, 4) is 5.75 Å². The van der Waals surface area contributed by atoms with E-state index in [0.29, 0.717) is 12.3 Å². The Balaban J connectivity index is 2.16. The second-order valence-corrected chi connectivity index (χ2v) is 5.83. The van der Waals surface area contributed by atoms with Crippen molar-refractivity contribution in [3.63, 3.8) is 0 Å². The molecule has 2 nitrogen and oxygen atoms in total. The minimum atomic E-state index is 0.358. The molecule has 0 amide bonds. The van der Waals surface area contributed by atoms with Crippen molar-refractivity contribution in [2.24, 2.45) is 0 Å². The number of rotatable bonds is 3. The molecule has 18 heavy (non-hydrogen) atoms. The fourth-order valence-corrected chi connectivity index (χ4v) is 2.43. The van der Waals surface area contributed by atoms with Gasteiger partial charge >= 0.3 is 0 Å². The van der Waals surface area contributed by atoms with E-state index in [9.17, 15) is 5.11 Å². The number of aryl methyl sites for hydroxylation is 1. The van der Waals surface area contributed by atoms with E-state index in [1.54, 1.807) is 0 Å². The Bertz CT molecular complexity index is 568. The Morgan fingerprint density at radius 3 is 2.72 bits per heavy atom. The Morgan fingerprint density at radius 1 is 1.17 bits per heavy atom. The number of phenolic OH excluding ortho intramolecular Hbond substituents is 1. The highest BCUT2D eigenvalue weighted by atomic mass is 79.9. The normalized spacial score (nSPS) is 10.4. The van der Waals surface area contributed by atoms with Crippen LogP contribution in [0.15, 0.2) is 45.3 Å². The maximum atomic E-state index is 9.94. The molecule has 94 valence electrons. The number of halogens is 2. The highest BCUT2D eigenvalue weighted by Gasteiger charge is 2.05. The molecule has 0 fully saturated rings. The van der Waals surface area contributed by atoms with Crippen LogP contribution in [0.1, 0.15) is 11.1 Å². The van der Waals surface area contributed by atoms with Gasteiger partial charge in [-0.3, -0.25) is 0 Å². The summed E-state index contributed by atoms with van der Waals surface area (Å²) in [4.78, 5) is 0. The van der Waals surface area contributed by atoms with Gasteiger partial charge < -0.3 is 10.4 Å². The van der Waals surface area contributed by atoms with Crippen molar-refractivity contribution >= 4 is 37.5 Å². The first-order valence-corrected chi connectivity index (χ1v) is 7.13. The average Bonchev–Trinajstić information content (AvgIpc) is 2.35. The Hall–Kier alpha value is -1.00. The first-order valence-electron chi connectivity index (χ1n) is 5.54. The van der Waals surface area contributed by atoms with Crippen LogP contribution in [0.2, 0.25) is 0 Å². The maximum Gasteiger partial charge on any atom is 0.123 e. The van der Waals surface area contributed by atoms with E-state index in [-0.39, 0.29) is 0 Å². The monoisotopic (exact) mass is 369 g/mol. The predicted molar refractivity (Wildman–Crippen MR) is 82.0 cm³/mol. The second-order valence-electron chi connectivity index (χ2n) is 4.06. The van der Waals surface area contributed by atoms with Crippen molar-refractivity contribution in [1.82, 2.24) is 0 Å². The summed E-state index contributed by atoms with van der Waals surface area (Å²) in [7, 11) is 0. The number of para-hydroxylation sites is 1. The number of hydrogen-bond donors (Lipinski definition) is 2. The number of nitrogens with one attached hydrogen (secondary N) is 1. The Morgan fingerprint density at radius 2 is 1.94 bits per heavy atom. The largest absolute Gasteiger partial charge is 0.507 e. The van der Waals surface area contributed by atoms with E-state index in [0.717, 1.165) is 25.8 Å². The molecule has 0 atom stereocenters. The molecular weight excluding hydrogens is 358 g/mol. The number of hydrogen-bond acceptors (Lipinski definition) is 2. The number of benzene rings is 2. The van der Waals surface area contributed by atoms with Crippen molar-refractivity contribution in [1.29, 1.82) is 0 Å². The highest BCUT2D eigenvalue weighted by molar-refractivity contribution is 9.11. The van der Waals surface area contributed by atoms with Crippen LogP contribution in [-0.4, -0.2) is 5.11 Å². The van der Waals surface area contributed by atoms with Crippen LogP contribution in [0.4, 0.5) is 5.69 Å². The van der Waals surface area contributed by atoms with Crippen molar-refractivity contribution < 1.29 is 5.11 Å². The smallest absolute Gasteiger partial charge is 0.123 e. The molecule has 2 aromatic carbocycles. The van der Waals surface area contributed by atoms with Gasteiger partial charge in [-0.25, -0.2) is 0 Å². The molecule has 4 heteroatoms. The predicted octanol–water partition coefficient (Wildman–Crippen LogP) is 4.84. The molecule has 0 heterocycles. The summed E-state index contributed by atoms with van der Waals surface area (Å²) in [6, 6.07) is 11.7. The molecule has 0 unspecified atom stereocenters. The molecule has 0 aliphatic rings. The summed E-state index contributed by atoms with van der Waals surface area (Å²) in [5, 5.41) is 13.2. The lowest BCUT2D eigenvalue weighted by Gasteiger charge is -2.11. The zero-order valence-electron chi connectivity index (χ0n) is 9.87. The molecular formula is C14H13Br2NO. The first-order chi connectivity index (χ1) is 8.58. The van der Waals surface area contributed by atoms with Crippen molar-refractivity contribution in [2.45, 2.75) is 13.5 Å². The quantitative estimate of drug-likeness (QED) is 0.810. The molecule has 0 bridgehead atoms. The van der Waals surface area contributed by atoms with E-state index in [4.69, 9.17) is 0 Å².